The van der Waals surface area contributed by atoms with Crippen LogP contribution in [-0.2, 0) is 6.42 Å². The van der Waals surface area contributed by atoms with Crippen molar-refractivity contribution in [2.45, 2.75) is 32.2 Å². The van der Waals surface area contributed by atoms with E-state index in [9.17, 15) is 0 Å². The van der Waals surface area contributed by atoms with Crippen LogP contribution in [-0.4, -0.2) is 0 Å². The van der Waals surface area contributed by atoms with Crippen molar-refractivity contribution in [3.63, 3.8) is 0 Å². The van der Waals surface area contributed by atoms with E-state index in [-0.39, 0.29) is 0 Å². The number of anilines is 1. The standard InChI is InChI=1S/C15H16ClNS/c1-10-5-7-11(8-6-10)17-13-3-2-4-14-12(13)9-15(16)18-14/h5-9,13,17H,2-4H2,1H3. The van der Waals surface area contributed by atoms with Gasteiger partial charge in [0, 0.05) is 10.6 Å². The van der Waals surface area contributed by atoms with Gasteiger partial charge in [0.05, 0.1) is 10.4 Å². The molecule has 3 rings (SSSR count). The van der Waals surface area contributed by atoms with Crippen molar-refractivity contribution in [1.82, 2.24) is 0 Å². The highest BCUT2D eigenvalue weighted by Crippen LogP contribution is 2.39. The van der Waals surface area contributed by atoms with Gasteiger partial charge in [-0.25, -0.2) is 0 Å². The van der Waals surface area contributed by atoms with E-state index in [1.807, 2.05) is 0 Å². The van der Waals surface area contributed by atoms with Crippen LogP contribution in [0.3, 0.4) is 0 Å². The van der Waals surface area contributed by atoms with Crippen molar-refractivity contribution in [2.24, 2.45) is 0 Å². The van der Waals surface area contributed by atoms with Crippen LogP contribution in [0.15, 0.2) is 30.3 Å². The maximum Gasteiger partial charge on any atom is 0.0934 e. The van der Waals surface area contributed by atoms with Crippen LogP contribution in [0, 0.1) is 6.92 Å². The molecule has 1 aromatic heterocycles. The van der Waals surface area contributed by atoms with Crippen LogP contribution in [0.4, 0.5) is 5.69 Å². The summed E-state index contributed by atoms with van der Waals surface area (Å²) >= 11 is 7.86. The molecule has 2 aromatic rings. The van der Waals surface area contributed by atoms with E-state index in [1.54, 1.807) is 11.3 Å². The van der Waals surface area contributed by atoms with Crippen molar-refractivity contribution in [1.29, 1.82) is 0 Å². The molecule has 94 valence electrons. The Morgan fingerprint density at radius 2 is 2.06 bits per heavy atom. The van der Waals surface area contributed by atoms with Crippen LogP contribution < -0.4 is 5.32 Å². The quantitative estimate of drug-likeness (QED) is 0.796. The van der Waals surface area contributed by atoms with Gasteiger partial charge in [-0.05, 0) is 49.9 Å². The number of thiophene rings is 1. The third-order valence-corrected chi connectivity index (χ3v) is 4.82. The van der Waals surface area contributed by atoms with Gasteiger partial charge in [-0.2, -0.15) is 0 Å². The monoisotopic (exact) mass is 277 g/mol. The fraction of sp³-hybridized carbons (Fsp3) is 0.333. The summed E-state index contributed by atoms with van der Waals surface area (Å²) in [7, 11) is 0. The Kier molecular flexibility index (Phi) is 3.31. The Morgan fingerprint density at radius 1 is 1.28 bits per heavy atom. The third kappa shape index (κ3) is 2.40. The fourth-order valence-electron chi connectivity index (χ4n) is 2.52. The van der Waals surface area contributed by atoms with Crippen LogP contribution in [0.1, 0.15) is 34.9 Å². The van der Waals surface area contributed by atoms with Gasteiger partial charge in [-0.3, -0.25) is 0 Å². The first-order valence-electron chi connectivity index (χ1n) is 6.34. The van der Waals surface area contributed by atoms with Gasteiger partial charge in [-0.1, -0.05) is 29.3 Å². The first kappa shape index (κ1) is 12.1. The van der Waals surface area contributed by atoms with Gasteiger partial charge in [0.2, 0.25) is 0 Å². The molecule has 1 aliphatic rings. The third-order valence-electron chi connectivity index (χ3n) is 3.48. The molecule has 1 atom stereocenters. The first-order valence-corrected chi connectivity index (χ1v) is 7.53. The summed E-state index contributed by atoms with van der Waals surface area (Å²) in [6, 6.07) is 11.1. The van der Waals surface area contributed by atoms with Crippen molar-refractivity contribution in [2.75, 3.05) is 5.32 Å². The predicted octanol–water partition coefficient (Wildman–Crippen LogP) is 5.20. The molecule has 1 nitrogen and oxygen atoms in total. The minimum absolute atomic E-state index is 0.417. The summed E-state index contributed by atoms with van der Waals surface area (Å²) in [4.78, 5) is 1.45. The highest BCUT2D eigenvalue weighted by atomic mass is 35.5. The lowest BCUT2D eigenvalue weighted by Crippen LogP contribution is -2.15. The van der Waals surface area contributed by atoms with Gasteiger partial charge in [0.1, 0.15) is 0 Å². The highest BCUT2D eigenvalue weighted by Gasteiger charge is 2.22. The molecule has 1 aromatic carbocycles. The SMILES string of the molecule is Cc1ccc(NC2CCCc3sc(Cl)cc32)cc1. The Labute approximate surface area is 117 Å². The Bertz CT molecular complexity index is 544. The number of hydrogen-bond donors (Lipinski definition) is 1. The molecule has 1 N–H and O–H groups in total. The van der Waals surface area contributed by atoms with Crippen molar-refractivity contribution >= 4 is 28.6 Å². The summed E-state index contributed by atoms with van der Waals surface area (Å²) in [6.45, 7) is 2.11. The van der Waals surface area contributed by atoms with Crippen LogP contribution >= 0.6 is 22.9 Å². The lowest BCUT2D eigenvalue weighted by atomic mass is 9.94. The van der Waals surface area contributed by atoms with Crippen LogP contribution in [0.25, 0.3) is 0 Å². The fourth-order valence-corrected chi connectivity index (χ4v) is 3.91. The second-order valence-electron chi connectivity index (χ2n) is 4.88. The van der Waals surface area contributed by atoms with E-state index in [1.165, 1.54) is 41.0 Å². The van der Waals surface area contributed by atoms with E-state index < -0.39 is 0 Å². The molecule has 0 spiro atoms. The minimum Gasteiger partial charge on any atom is -0.378 e. The largest absolute Gasteiger partial charge is 0.378 e. The maximum absolute atomic E-state index is 6.13. The lowest BCUT2D eigenvalue weighted by molar-refractivity contribution is 0.609. The summed E-state index contributed by atoms with van der Waals surface area (Å²) in [6.07, 6.45) is 3.61. The molecule has 0 aliphatic heterocycles. The predicted molar refractivity (Wildman–Crippen MR) is 79.8 cm³/mol. The van der Waals surface area contributed by atoms with E-state index in [2.05, 4.69) is 42.6 Å². The van der Waals surface area contributed by atoms with E-state index >= 15 is 0 Å². The number of hydrogen-bond acceptors (Lipinski definition) is 2. The molecule has 0 saturated carbocycles. The van der Waals surface area contributed by atoms with Crippen molar-refractivity contribution < 1.29 is 0 Å². The molecule has 0 amide bonds. The lowest BCUT2D eigenvalue weighted by Gasteiger charge is -2.24. The number of rotatable bonds is 2. The number of halogens is 1. The molecule has 0 saturated heterocycles. The molecule has 1 heterocycles. The summed E-state index contributed by atoms with van der Waals surface area (Å²) in [5.74, 6) is 0. The number of aryl methyl sites for hydroxylation is 2. The molecule has 1 aliphatic carbocycles. The average molecular weight is 278 g/mol. The molecule has 18 heavy (non-hydrogen) atoms. The molecule has 0 bridgehead atoms. The first-order chi connectivity index (χ1) is 8.72. The van der Waals surface area contributed by atoms with Crippen molar-refractivity contribution in [3.05, 3.63) is 50.7 Å². The highest BCUT2D eigenvalue weighted by molar-refractivity contribution is 7.16. The molecule has 3 heteroatoms. The summed E-state index contributed by atoms with van der Waals surface area (Å²) in [5.41, 5.74) is 3.89. The van der Waals surface area contributed by atoms with Gasteiger partial charge < -0.3 is 5.32 Å². The molecule has 0 radical (unpaired) electrons. The zero-order valence-corrected chi connectivity index (χ0v) is 11.9. The second-order valence-corrected chi connectivity index (χ2v) is 6.65. The normalized spacial score (nSPS) is 18.4. The Morgan fingerprint density at radius 3 is 2.83 bits per heavy atom. The zero-order valence-electron chi connectivity index (χ0n) is 10.4. The van der Waals surface area contributed by atoms with Gasteiger partial charge >= 0.3 is 0 Å². The van der Waals surface area contributed by atoms with Crippen LogP contribution in [0.5, 0.6) is 0 Å². The van der Waals surface area contributed by atoms with Crippen LogP contribution in [0.2, 0.25) is 4.34 Å². The molecular formula is C15H16ClNS. The topological polar surface area (TPSA) is 12.0 Å². The summed E-state index contributed by atoms with van der Waals surface area (Å²) in [5, 5.41) is 3.63. The zero-order chi connectivity index (χ0) is 12.5. The Hall–Kier alpha value is -0.990. The second kappa shape index (κ2) is 4.94. The van der Waals surface area contributed by atoms with E-state index in [4.69, 9.17) is 11.6 Å². The smallest absolute Gasteiger partial charge is 0.0934 e. The van der Waals surface area contributed by atoms with Crippen molar-refractivity contribution in [3.8, 4) is 0 Å². The molecule has 0 fully saturated rings. The number of benzene rings is 1. The molecule has 1 unspecified atom stereocenters. The van der Waals surface area contributed by atoms with E-state index in [0.29, 0.717) is 6.04 Å². The number of fused-ring (bicyclic) bond motifs is 1. The maximum atomic E-state index is 6.13. The van der Waals surface area contributed by atoms with E-state index in [0.717, 1.165) is 4.34 Å². The summed E-state index contributed by atoms with van der Waals surface area (Å²) < 4.78 is 0.914. The number of nitrogens with one attached hydrogen (secondary N) is 1. The van der Waals surface area contributed by atoms with Gasteiger partial charge in [-0.15, -0.1) is 11.3 Å². The molecular weight excluding hydrogens is 262 g/mol. The Balaban J connectivity index is 1.83. The minimum atomic E-state index is 0.417. The van der Waals surface area contributed by atoms with Gasteiger partial charge in [0.25, 0.3) is 0 Å². The average Bonchev–Trinajstić information content (AvgIpc) is 2.73. The van der Waals surface area contributed by atoms with Gasteiger partial charge in [0.15, 0.2) is 0 Å².